The second-order valence-corrected chi connectivity index (χ2v) is 6.25. The van der Waals surface area contributed by atoms with E-state index in [4.69, 9.17) is 0 Å². The van der Waals surface area contributed by atoms with Gasteiger partial charge in [0.1, 0.15) is 0 Å². The zero-order valence-corrected chi connectivity index (χ0v) is 14.5. The van der Waals surface area contributed by atoms with E-state index in [2.05, 4.69) is 39.5 Å². The average Bonchev–Trinajstić information content (AvgIpc) is 3.15. The Balaban J connectivity index is 1.57. The first-order chi connectivity index (χ1) is 12.1. The minimum atomic E-state index is -0.0745. The molecule has 1 aromatic heterocycles. The summed E-state index contributed by atoms with van der Waals surface area (Å²) >= 11 is 0. The molecule has 25 heavy (non-hydrogen) atoms. The molecule has 0 aliphatic carbocycles. The van der Waals surface area contributed by atoms with Crippen molar-refractivity contribution < 1.29 is 4.79 Å². The van der Waals surface area contributed by atoms with E-state index >= 15 is 0 Å². The summed E-state index contributed by atoms with van der Waals surface area (Å²) in [6, 6.07) is 15.8. The monoisotopic (exact) mass is 334 g/mol. The average molecular weight is 334 g/mol. The third-order valence-corrected chi connectivity index (χ3v) is 3.91. The lowest BCUT2D eigenvalue weighted by molar-refractivity contribution is 0.0951. The summed E-state index contributed by atoms with van der Waals surface area (Å²) in [4.78, 5) is 18.4. The van der Waals surface area contributed by atoms with Gasteiger partial charge >= 0.3 is 0 Å². The van der Waals surface area contributed by atoms with Gasteiger partial charge in [0.15, 0.2) is 0 Å². The van der Waals surface area contributed by atoms with E-state index in [1.807, 2.05) is 49.1 Å². The summed E-state index contributed by atoms with van der Waals surface area (Å²) in [5.41, 5.74) is 3.97. The van der Waals surface area contributed by atoms with Crippen molar-refractivity contribution >= 4 is 5.91 Å². The van der Waals surface area contributed by atoms with E-state index in [1.165, 1.54) is 5.56 Å². The molecule has 2 aromatic carbocycles. The molecule has 0 unspecified atom stereocenters. The first kappa shape index (κ1) is 16.9. The maximum Gasteiger partial charge on any atom is 0.251 e. The lowest BCUT2D eigenvalue weighted by atomic mass is 10.1. The second kappa shape index (κ2) is 7.77. The van der Waals surface area contributed by atoms with Gasteiger partial charge in [0.2, 0.25) is 0 Å². The number of rotatable bonds is 6. The Morgan fingerprint density at radius 3 is 2.32 bits per heavy atom. The number of carbonyl (C=O) groups excluding carboxylic acids is 1. The number of benzene rings is 2. The number of carbonyl (C=O) groups is 1. The number of amides is 1. The van der Waals surface area contributed by atoms with E-state index in [-0.39, 0.29) is 5.91 Å². The number of hydrogen-bond donors (Lipinski definition) is 1. The highest BCUT2D eigenvalue weighted by molar-refractivity contribution is 5.94. The molecule has 5 heteroatoms. The van der Waals surface area contributed by atoms with Crippen LogP contribution in [0.3, 0.4) is 0 Å². The Morgan fingerprint density at radius 2 is 1.72 bits per heavy atom. The molecule has 0 radical (unpaired) electrons. The number of nitrogens with zero attached hydrogens (tertiary/aromatic N) is 3. The Labute approximate surface area is 147 Å². The molecule has 1 amide bonds. The molecule has 0 saturated carbocycles. The van der Waals surface area contributed by atoms with Gasteiger partial charge in [-0.3, -0.25) is 4.79 Å². The highest BCUT2D eigenvalue weighted by atomic mass is 16.1. The predicted molar refractivity (Wildman–Crippen MR) is 98.6 cm³/mol. The fourth-order valence-electron chi connectivity index (χ4n) is 2.61. The molecule has 0 atom stereocenters. The highest BCUT2D eigenvalue weighted by Gasteiger charge is 2.06. The summed E-state index contributed by atoms with van der Waals surface area (Å²) in [5.74, 6) is -0.0745. The molecule has 5 nitrogen and oxygen atoms in total. The molecular formula is C20H22N4O. The summed E-state index contributed by atoms with van der Waals surface area (Å²) in [6.07, 6.45) is 5.33. The summed E-state index contributed by atoms with van der Waals surface area (Å²) in [7, 11) is 4.10. The SMILES string of the molecule is CN(C)Cc1ccc(CNC(=O)c2ccc(-n3ccnc3)cc2)cc1. The third-order valence-electron chi connectivity index (χ3n) is 3.91. The van der Waals surface area contributed by atoms with Gasteiger partial charge in [-0.1, -0.05) is 24.3 Å². The van der Waals surface area contributed by atoms with Gasteiger partial charge in [-0.15, -0.1) is 0 Å². The van der Waals surface area contributed by atoms with Gasteiger partial charge in [-0.25, -0.2) is 4.98 Å². The van der Waals surface area contributed by atoms with E-state index in [9.17, 15) is 4.79 Å². The van der Waals surface area contributed by atoms with Crippen molar-refractivity contribution in [2.75, 3.05) is 14.1 Å². The van der Waals surface area contributed by atoms with Gasteiger partial charge in [0, 0.05) is 36.7 Å². The van der Waals surface area contributed by atoms with Crippen LogP contribution in [-0.2, 0) is 13.1 Å². The Morgan fingerprint density at radius 1 is 1.04 bits per heavy atom. The highest BCUT2D eigenvalue weighted by Crippen LogP contribution is 2.10. The van der Waals surface area contributed by atoms with Crippen LogP contribution in [0.5, 0.6) is 0 Å². The van der Waals surface area contributed by atoms with Gasteiger partial charge in [-0.2, -0.15) is 0 Å². The molecule has 1 heterocycles. The number of hydrogen-bond acceptors (Lipinski definition) is 3. The van der Waals surface area contributed by atoms with Gasteiger partial charge in [0.25, 0.3) is 5.91 Å². The molecule has 0 aliphatic rings. The van der Waals surface area contributed by atoms with Crippen LogP contribution in [0, 0.1) is 0 Å². The maximum absolute atomic E-state index is 12.3. The second-order valence-electron chi connectivity index (χ2n) is 6.25. The first-order valence-corrected chi connectivity index (χ1v) is 8.21. The minimum Gasteiger partial charge on any atom is -0.348 e. The minimum absolute atomic E-state index is 0.0745. The molecule has 3 rings (SSSR count). The van der Waals surface area contributed by atoms with E-state index in [0.717, 1.165) is 17.8 Å². The zero-order chi connectivity index (χ0) is 17.6. The fourth-order valence-corrected chi connectivity index (χ4v) is 2.61. The Hall–Kier alpha value is -2.92. The van der Waals surface area contributed by atoms with E-state index in [0.29, 0.717) is 12.1 Å². The normalized spacial score (nSPS) is 10.8. The molecular weight excluding hydrogens is 312 g/mol. The summed E-state index contributed by atoms with van der Waals surface area (Å²) in [6.45, 7) is 1.43. The topological polar surface area (TPSA) is 50.2 Å². The maximum atomic E-state index is 12.3. The van der Waals surface area contributed by atoms with Crippen molar-refractivity contribution in [3.8, 4) is 5.69 Å². The lowest BCUT2D eigenvalue weighted by Crippen LogP contribution is -2.22. The molecule has 1 N–H and O–H groups in total. The lowest BCUT2D eigenvalue weighted by Gasteiger charge is -2.10. The fraction of sp³-hybridized carbons (Fsp3) is 0.200. The quantitative estimate of drug-likeness (QED) is 0.754. The van der Waals surface area contributed by atoms with Crippen LogP contribution in [0.4, 0.5) is 0 Å². The van der Waals surface area contributed by atoms with Crippen LogP contribution in [0.15, 0.2) is 67.3 Å². The Kier molecular flexibility index (Phi) is 5.26. The molecule has 0 bridgehead atoms. The molecule has 0 aliphatic heterocycles. The third kappa shape index (κ3) is 4.55. The molecule has 128 valence electrons. The van der Waals surface area contributed by atoms with Gasteiger partial charge in [-0.05, 0) is 49.5 Å². The number of nitrogens with one attached hydrogen (secondary N) is 1. The molecule has 0 saturated heterocycles. The van der Waals surface area contributed by atoms with E-state index in [1.54, 1.807) is 12.5 Å². The molecule has 0 spiro atoms. The van der Waals surface area contributed by atoms with Crippen LogP contribution < -0.4 is 5.32 Å². The van der Waals surface area contributed by atoms with Crippen molar-refractivity contribution in [1.29, 1.82) is 0 Å². The van der Waals surface area contributed by atoms with Crippen LogP contribution in [0.2, 0.25) is 0 Å². The van der Waals surface area contributed by atoms with Crippen molar-refractivity contribution in [1.82, 2.24) is 19.8 Å². The molecule has 3 aromatic rings. The zero-order valence-electron chi connectivity index (χ0n) is 14.5. The van der Waals surface area contributed by atoms with Gasteiger partial charge in [0.05, 0.1) is 6.33 Å². The van der Waals surface area contributed by atoms with Gasteiger partial charge < -0.3 is 14.8 Å². The number of aromatic nitrogens is 2. The van der Waals surface area contributed by atoms with Crippen molar-refractivity contribution in [2.24, 2.45) is 0 Å². The first-order valence-electron chi connectivity index (χ1n) is 8.21. The largest absolute Gasteiger partial charge is 0.348 e. The van der Waals surface area contributed by atoms with Crippen LogP contribution in [0.1, 0.15) is 21.5 Å². The molecule has 0 fully saturated rings. The predicted octanol–water partition coefficient (Wildman–Crippen LogP) is 2.86. The van der Waals surface area contributed by atoms with Crippen LogP contribution in [0.25, 0.3) is 5.69 Å². The smallest absolute Gasteiger partial charge is 0.251 e. The summed E-state index contributed by atoms with van der Waals surface area (Å²) < 4.78 is 1.90. The summed E-state index contributed by atoms with van der Waals surface area (Å²) in [5, 5.41) is 2.96. The Bertz CT molecular complexity index is 806. The van der Waals surface area contributed by atoms with Crippen molar-refractivity contribution in [3.05, 3.63) is 83.9 Å². The number of imidazole rings is 1. The van der Waals surface area contributed by atoms with Crippen LogP contribution in [-0.4, -0.2) is 34.5 Å². The van der Waals surface area contributed by atoms with Crippen molar-refractivity contribution in [2.45, 2.75) is 13.1 Å². The van der Waals surface area contributed by atoms with E-state index < -0.39 is 0 Å². The van der Waals surface area contributed by atoms with Crippen molar-refractivity contribution in [3.63, 3.8) is 0 Å². The van der Waals surface area contributed by atoms with Crippen LogP contribution >= 0.6 is 0 Å². The standard InChI is InChI=1S/C20H22N4O/c1-23(2)14-17-5-3-16(4-6-17)13-22-20(25)18-7-9-19(10-8-18)24-12-11-21-15-24/h3-12,15H,13-14H2,1-2H3,(H,22,25).